The van der Waals surface area contributed by atoms with Crippen LogP contribution in [0.1, 0.15) is 34.5 Å². The molecule has 1 aliphatic rings. The molecule has 2 aromatic rings. The number of hydrogen-bond acceptors (Lipinski definition) is 3. The number of morpholine rings is 1. The van der Waals surface area contributed by atoms with Crippen molar-refractivity contribution in [1.29, 1.82) is 0 Å². The summed E-state index contributed by atoms with van der Waals surface area (Å²) in [4.78, 5) is 14.0. The molecule has 1 saturated heterocycles. The highest BCUT2D eigenvalue weighted by molar-refractivity contribution is 5.93. The van der Waals surface area contributed by atoms with Crippen molar-refractivity contribution in [3.05, 3.63) is 71.3 Å². The van der Waals surface area contributed by atoms with Gasteiger partial charge in [-0.1, -0.05) is 42.5 Å². The molecule has 4 nitrogen and oxygen atoms in total. The van der Waals surface area contributed by atoms with E-state index >= 15 is 0 Å². The molecule has 0 aromatic heterocycles. The number of nitrogens with one attached hydrogen (secondary N) is 1. The molecule has 1 aliphatic heterocycles. The van der Waals surface area contributed by atoms with Crippen LogP contribution in [-0.4, -0.2) is 37.0 Å². The van der Waals surface area contributed by atoms with Gasteiger partial charge in [0.2, 0.25) is 0 Å². The topological polar surface area (TPSA) is 41.6 Å². The average Bonchev–Trinajstić information content (AvgIpc) is 2.62. The highest BCUT2D eigenvalue weighted by atomic mass is 16.5. The summed E-state index contributed by atoms with van der Waals surface area (Å²) in [6.45, 7) is 4.79. The largest absolute Gasteiger partial charge is 0.368 e. The quantitative estimate of drug-likeness (QED) is 0.940. The molecule has 4 heteroatoms. The Kier molecular flexibility index (Phi) is 5.28. The minimum atomic E-state index is -0.0503. The van der Waals surface area contributed by atoms with Crippen LogP contribution in [0.3, 0.4) is 0 Å². The molecule has 0 spiro atoms. The lowest BCUT2D eigenvalue weighted by atomic mass is 10.1. The maximum atomic E-state index is 11.6. The molecule has 0 saturated carbocycles. The molecule has 1 amide bonds. The van der Waals surface area contributed by atoms with Crippen LogP contribution < -0.4 is 5.32 Å². The van der Waals surface area contributed by atoms with E-state index in [0.29, 0.717) is 5.56 Å². The second-order valence-electron chi connectivity index (χ2n) is 6.32. The summed E-state index contributed by atoms with van der Waals surface area (Å²) in [5, 5.41) is 2.65. The first-order chi connectivity index (χ1) is 11.7. The van der Waals surface area contributed by atoms with Crippen molar-refractivity contribution in [1.82, 2.24) is 10.2 Å². The molecule has 126 valence electrons. The number of benzene rings is 2. The Morgan fingerprint density at radius 1 is 1.12 bits per heavy atom. The van der Waals surface area contributed by atoms with Crippen molar-refractivity contribution in [3.8, 4) is 0 Å². The highest BCUT2D eigenvalue weighted by Crippen LogP contribution is 2.26. The number of ether oxygens (including phenoxy) is 1. The molecular formula is C20H24N2O2. The van der Waals surface area contributed by atoms with E-state index in [-0.39, 0.29) is 18.1 Å². The lowest BCUT2D eigenvalue weighted by Gasteiger charge is -2.37. The highest BCUT2D eigenvalue weighted by Gasteiger charge is 2.26. The van der Waals surface area contributed by atoms with Crippen molar-refractivity contribution in [2.75, 3.05) is 20.1 Å². The maximum Gasteiger partial charge on any atom is 0.251 e. The molecule has 2 aromatic carbocycles. The van der Waals surface area contributed by atoms with Crippen LogP contribution >= 0.6 is 0 Å². The molecule has 1 heterocycles. The third-order valence-corrected chi connectivity index (χ3v) is 4.36. The number of carbonyl (C=O) groups is 1. The fourth-order valence-corrected chi connectivity index (χ4v) is 3.18. The van der Waals surface area contributed by atoms with Gasteiger partial charge in [-0.15, -0.1) is 0 Å². The van der Waals surface area contributed by atoms with Crippen LogP contribution in [0.4, 0.5) is 0 Å². The van der Waals surface area contributed by atoms with E-state index in [1.165, 1.54) is 11.1 Å². The predicted octanol–water partition coefficient (Wildman–Crippen LogP) is 3.01. The Balaban J connectivity index is 1.67. The lowest BCUT2D eigenvalue weighted by Crippen LogP contribution is -2.42. The fourth-order valence-electron chi connectivity index (χ4n) is 3.18. The minimum Gasteiger partial charge on any atom is -0.368 e. The second-order valence-corrected chi connectivity index (χ2v) is 6.32. The van der Waals surface area contributed by atoms with Crippen molar-refractivity contribution in [3.63, 3.8) is 0 Å². The summed E-state index contributed by atoms with van der Waals surface area (Å²) in [5.41, 5.74) is 3.13. The first kappa shape index (κ1) is 16.7. The van der Waals surface area contributed by atoms with Crippen molar-refractivity contribution >= 4 is 5.91 Å². The lowest BCUT2D eigenvalue weighted by molar-refractivity contribution is -0.0814. The van der Waals surface area contributed by atoms with Crippen LogP contribution in [0.25, 0.3) is 0 Å². The number of hydrogen-bond donors (Lipinski definition) is 1. The van der Waals surface area contributed by atoms with Gasteiger partial charge in [0.25, 0.3) is 5.91 Å². The fraction of sp³-hybridized carbons (Fsp3) is 0.350. The van der Waals surface area contributed by atoms with Gasteiger partial charge in [0, 0.05) is 32.2 Å². The van der Waals surface area contributed by atoms with Gasteiger partial charge in [-0.25, -0.2) is 0 Å². The summed E-state index contributed by atoms with van der Waals surface area (Å²) >= 11 is 0. The van der Waals surface area contributed by atoms with Gasteiger partial charge in [-0.2, -0.15) is 0 Å². The summed E-state index contributed by atoms with van der Waals surface area (Å²) in [6.07, 6.45) is 0.314. The van der Waals surface area contributed by atoms with Gasteiger partial charge in [0.15, 0.2) is 0 Å². The van der Waals surface area contributed by atoms with E-state index in [4.69, 9.17) is 4.74 Å². The van der Waals surface area contributed by atoms with Gasteiger partial charge >= 0.3 is 0 Å². The number of nitrogens with zero attached hydrogens (tertiary/aromatic N) is 1. The molecule has 0 radical (unpaired) electrons. The van der Waals surface area contributed by atoms with Gasteiger partial charge in [-0.05, 0) is 30.2 Å². The molecule has 1 fully saturated rings. The van der Waals surface area contributed by atoms with Crippen molar-refractivity contribution < 1.29 is 9.53 Å². The summed E-state index contributed by atoms with van der Waals surface area (Å²) in [7, 11) is 1.65. The molecule has 0 bridgehead atoms. The smallest absolute Gasteiger partial charge is 0.251 e. The van der Waals surface area contributed by atoms with Crippen LogP contribution in [0.5, 0.6) is 0 Å². The first-order valence-electron chi connectivity index (χ1n) is 8.39. The Bertz CT molecular complexity index is 670. The third kappa shape index (κ3) is 4.02. The monoisotopic (exact) mass is 324 g/mol. The van der Waals surface area contributed by atoms with E-state index in [1.807, 2.05) is 30.3 Å². The molecule has 24 heavy (non-hydrogen) atoms. The minimum absolute atomic E-state index is 0.0503. The van der Waals surface area contributed by atoms with Gasteiger partial charge in [0.1, 0.15) is 0 Å². The molecule has 0 aliphatic carbocycles. The Hall–Kier alpha value is -2.17. The number of amides is 1. The zero-order valence-corrected chi connectivity index (χ0v) is 14.2. The molecule has 2 unspecified atom stereocenters. The van der Waals surface area contributed by atoms with Gasteiger partial charge in [0.05, 0.1) is 12.2 Å². The van der Waals surface area contributed by atoms with Gasteiger partial charge in [-0.3, -0.25) is 9.69 Å². The molecule has 3 rings (SSSR count). The van der Waals surface area contributed by atoms with E-state index in [1.54, 1.807) is 7.05 Å². The molecule has 1 N–H and O–H groups in total. The normalized spacial score (nSPS) is 21.4. The zero-order chi connectivity index (χ0) is 16.9. The Morgan fingerprint density at radius 2 is 1.83 bits per heavy atom. The average molecular weight is 324 g/mol. The van der Waals surface area contributed by atoms with Crippen LogP contribution in [0.15, 0.2) is 54.6 Å². The first-order valence-corrected chi connectivity index (χ1v) is 8.39. The van der Waals surface area contributed by atoms with Gasteiger partial charge < -0.3 is 10.1 Å². The third-order valence-electron chi connectivity index (χ3n) is 4.36. The summed E-state index contributed by atoms with van der Waals surface area (Å²) < 4.78 is 6.11. The van der Waals surface area contributed by atoms with E-state index < -0.39 is 0 Å². The van der Waals surface area contributed by atoms with Crippen molar-refractivity contribution in [2.45, 2.75) is 25.7 Å². The number of carbonyl (C=O) groups excluding carboxylic acids is 1. The molecule has 2 atom stereocenters. The molecular weight excluding hydrogens is 300 g/mol. The van der Waals surface area contributed by atoms with Crippen LogP contribution in [-0.2, 0) is 11.3 Å². The van der Waals surface area contributed by atoms with Crippen LogP contribution in [0, 0.1) is 0 Å². The van der Waals surface area contributed by atoms with E-state index in [9.17, 15) is 4.79 Å². The van der Waals surface area contributed by atoms with Crippen LogP contribution in [0.2, 0.25) is 0 Å². The number of rotatable bonds is 4. The summed E-state index contributed by atoms with van der Waals surface area (Å²) in [6, 6.07) is 18.2. The Morgan fingerprint density at radius 3 is 2.50 bits per heavy atom. The predicted molar refractivity (Wildman–Crippen MR) is 94.8 cm³/mol. The van der Waals surface area contributed by atoms with E-state index in [2.05, 4.69) is 41.4 Å². The standard InChI is InChI=1S/C20H24N2O2/c1-15-12-22(14-19(24-15)17-6-4-3-5-7-17)13-16-8-10-18(11-9-16)20(23)21-2/h3-11,15,19H,12-14H2,1-2H3,(H,21,23). The van der Waals surface area contributed by atoms with Crippen molar-refractivity contribution in [2.24, 2.45) is 0 Å². The van der Waals surface area contributed by atoms with E-state index in [0.717, 1.165) is 19.6 Å². The Labute approximate surface area is 143 Å². The summed E-state index contributed by atoms with van der Waals surface area (Å²) in [5.74, 6) is -0.0503. The SMILES string of the molecule is CNC(=O)c1ccc(CN2CC(C)OC(c3ccccc3)C2)cc1. The maximum absolute atomic E-state index is 11.6. The second kappa shape index (κ2) is 7.60. The zero-order valence-electron chi connectivity index (χ0n) is 14.2.